The summed E-state index contributed by atoms with van der Waals surface area (Å²) in [7, 11) is 0. The summed E-state index contributed by atoms with van der Waals surface area (Å²) in [6.07, 6.45) is 26.6. The summed E-state index contributed by atoms with van der Waals surface area (Å²) in [6, 6.07) is 1.08. The van der Waals surface area contributed by atoms with E-state index in [0.29, 0.717) is 40.2 Å². The molecule has 7 heteroatoms. The van der Waals surface area contributed by atoms with Crippen molar-refractivity contribution in [2.45, 2.75) is 154 Å². The molecule has 0 spiro atoms. The average Bonchev–Trinajstić information content (AvgIpc) is 3.93. The van der Waals surface area contributed by atoms with Crippen molar-refractivity contribution in [1.82, 2.24) is 29.4 Å². The van der Waals surface area contributed by atoms with Gasteiger partial charge in [-0.05, 0) is 105 Å². The zero-order valence-electron chi connectivity index (χ0n) is 30.6. The van der Waals surface area contributed by atoms with E-state index in [1.165, 1.54) is 95.0 Å². The second-order valence-corrected chi connectivity index (χ2v) is 18.1. The van der Waals surface area contributed by atoms with Crippen molar-refractivity contribution in [1.29, 1.82) is 0 Å². The first-order valence-electron chi connectivity index (χ1n) is 19.6. The highest BCUT2D eigenvalue weighted by Gasteiger charge is 2.49. The van der Waals surface area contributed by atoms with Gasteiger partial charge in [0.05, 0.1) is 24.5 Å². The fourth-order valence-electron chi connectivity index (χ4n) is 9.71. The van der Waals surface area contributed by atoms with E-state index in [-0.39, 0.29) is 5.41 Å². The molecule has 6 aliphatic rings. The highest BCUT2D eigenvalue weighted by Crippen LogP contribution is 2.55. The molecule has 1 amide bonds. The lowest BCUT2D eigenvalue weighted by atomic mass is 9.69. The third kappa shape index (κ3) is 6.48. The van der Waals surface area contributed by atoms with E-state index in [1.807, 2.05) is 0 Å². The van der Waals surface area contributed by atoms with Gasteiger partial charge in [0.15, 0.2) is 0 Å². The molecule has 2 aliphatic heterocycles. The molecular weight excluding hydrogens is 580 g/mol. The number of carbonyl (C=O) groups excluding carboxylic acids is 1. The number of piperidine rings is 2. The minimum Gasteiger partial charge on any atom is -0.342 e. The quantitative estimate of drug-likeness (QED) is 0.276. The second kappa shape index (κ2) is 12.6. The van der Waals surface area contributed by atoms with Crippen LogP contribution < -0.4 is 0 Å². The molecule has 0 N–H and O–H groups in total. The maximum atomic E-state index is 12.7. The first kappa shape index (κ1) is 33.4. The molecule has 8 rings (SSSR count). The molecule has 0 radical (unpaired) electrons. The maximum Gasteiger partial charge on any atom is 0.228 e. The molecule has 4 aliphatic carbocycles. The van der Waals surface area contributed by atoms with E-state index < -0.39 is 0 Å². The van der Waals surface area contributed by atoms with Crippen LogP contribution in [-0.4, -0.2) is 68.0 Å². The van der Waals surface area contributed by atoms with Crippen LogP contribution in [0.5, 0.6) is 0 Å². The smallest absolute Gasteiger partial charge is 0.228 e. The largest absolute Gasteiger partial charge is 0.342 e. The Balaban J connectivity index is 0.000000150. The van der Waals surface area contributed by atoms with Crippen molar-refractivity contribution in [2.24, 2.45) is 22.7 Å². The lowest BCUT2D eigenvalue weighted by Gasteiger charge is -2.44. The van der Waals surface area contributed by atoms with Crippen LogP contribution in [0.25, 0.3) is 0 Å². The molecule has 7 nitrogen and oxygen atoms in total. The predicted molar refractivity (Wildman–Crippen MR) is 189 cm³/mol. The van der Waals surface area contributed by atoms with E-state index in [4.69, 9.17) is 5.10 Å². The van der Waals surface area contributed by atoms with Crippen molar-refractivity contribution < 1.29 is 4.79 Å². The van der Waals surface area contributed by atoms with E-state index in [1.54, 1.807) is 0 Å². The standard InChI is InChI=1S/C20H31N3O.C20H33N3/c1-15(2)20(9-10-20)16-13-21-23(14-16)17-5-11-22(12-6-17)18(24)19(3)7-4-8-19;1-16(2)20(9-10-20)17-13-21-23(14-17)18-5-11-22(12-6-18)15-19(3)7-4-8-19/h13-15,17H,4-12H2,1-3H3;13-14,16,18H,4-12,15H2,1-3H3. The molecule has 260 valence electrons. The van der Waals surface area contributed by atoms with Crippen molar-refractivity contribution >= 4 is 5.91 Å². The molecule has 4 saturated carbocycles. The van der Waals surface area contributed by atoms with Crippen molar-refractivity contribution in [3.05, 3.63) is 35.9 Å². The lowest BCUT2D eigenvalue weighted by molar-refractivity contribution is -0.147. The van der Waals surface area contributed by atoms with Gasteiger partial charge in [0.25, 0.3) is 0 Å². The number of aromatic nitrogens is 4. The molecule has 2 saturated heterocycles. The summed E-state index contributed by atoms with van der Waals surface area (Å²) in [6.45, 7) is 19.6. The van der Waals surface area contributed by atoms with Gasteiger partial charge >= 0.3 is 0 Å². The van der Waals surface area contributed by atoms with Crippen LogP contribution in [0.15, 0.2) is 24.8 Å². The molecule has 4 heterocycles. The van der Waals surface area contributed by atoms with Crippen molar-refractivity contribution in [2.75, 3.05) is 32.7 Å². The van der Waals surface area contributed by atoms with E-state index in [2.05, 4.69) is 90.6 Å². The summed E-state index contributed by atoms with van der Waals surface area (Å²) in [5.41, 5.74) is 4.35. The number of amides is 1. The van der Waals surface area contributed by atoms with Crippen LogP contribution in [0, 0.1) is 22.7 Å². The molecule has 6 fully saturated rings. The lowest BCUT2D eigenvalue weighted by Crippen LogP contribution is -2.49. The molecule has 2 aromatic heterocycles. The van der Waals surface area contributed by atoms with Gasteiger partial charge in [-0.25, -0.2) is 0 Å². The SMILES string of the molecule is CC(C)C1(c2cnn(C3CCN(C(=O)C4(C)CCC4)CC3)c2)CC1.CC(C)C1(c2cnn(C3CCN(CC4(C)CCC4)CC3)c2)CC1. The van der Waals surface area contributed by atoms with Gasteiger partial charge in [0.2, 0.25) is 5.91 Å². The van der Waals surface area contributed by atoms with Crippen LogP contribution in [0.2, 0.25) is 0 Å². The van der Waals surface area contributed by atoms with Gasteiger partial charge in [-0.2, -0.15) is 10.2 Å². The van der Waals surface area contributed by atoms with Crippen molar-refractivity contribution in [3.63, 3.8) is 0 Å². The predicted octanol–water partition coefficient (Wildman–Crippen LogP) is 8.32. The molecule has 0 unspecified atom stereocenters. The van der Waals surface area contributed by atoms with Crippen LogP contribution in [0.4, 0.5) is 0 Å². The molecule has 0 aromatic carbocycles. The molecule has 0 atom stereocenters. The minimum absolute atomic E-state index is 0.0542. The Morgan fingerprint density at radius 3 is 1.51 bits per heavy atom. The Morgan fingerprint density at radius 2 is 1.15 bits per heavy atom. The second-order valence-electron chi connectivity index (χ2n) is 18.1. The number of rotatable bonds is 9. The highest BCUT2D eigenvalue weighted by molar-refractivity contribution is 5.83. The zero-order chi connectivity index (χ0) is 33.0. The maximum absolute atomic E-state index is 12.7. The summed E-state index contributed by atoms with van der Waals surface area (Å²) in [5, 5.41) is 9.44. The normalized spacial score (nSPS) is 26.3. The molecule has 0 bridgehead atoms. The fraction of sp³-hybridized carbons (Fsp3) is 0.825. The Hall–Kier alpha value is -2.15. The van der Waals surface area contributed by atoms with Gasteiger partial charge < -0.3 is 9.80 Å². The van der Waals surface area contributed by atoms with Gasteiger partial charge in [-0.3, -0.25) is 14.2 Å². The van der Waals surface area contributed by atoms with E-state index in [0.717, 1.165) is 44.7 Å². The number of likely N-dealkylation sites (tertiary alicyclic amines) is 2. The first-order chi connectivity index (χ1) is 22.5. The van der Waals surface area contributed by atoms with Crippen LogP contribution >= 0.6 is 0 Å². The number of hydrogen-bond acceptors (Lipinski definition) is 4. The molecule has 47 heavy (non-hydrogen) atoms. The molecular formula is C40H64N6O. The van der Waals surface area contributed by atoms with Gasteiger partial charge in [-0.1, -0.05) is 54.4 Å². The Bertz CT molecular complexity index is 1370. The van der Waals surface area contributed by atoms with Crippen LogP contribution in [0.3, 0.4) is 0 Å². The van der Waals surface area contributed by atoms with Crippen molar-refractivity contribution in [3.8, 4) is 0 Å². The summed E-state index contributed by atoms with van der Waals surface area (Å²) >= 11 is 0. The Morgan fingerprint density at radius 1 is 0.702 bits per heavy atom. The fourth-order valence-corrected chi connectivity index (χ4v) is 9.71. The highest BCUT2D eigenvalue weighted by atomic mass is 16.2. The summed E-state index contributed by atoms with van der Waals surface area (Å²) in [4.78, 5) is 17.5. The van der Waals surface area contributed by atoms with E-state index in [9.17, 15) is 4.79 Å². The zero-order valence-corrected chi connectivity index (χ0v) is 30.6. The third-order valence-electron chi connectivity index (χ3n) is 14.3. The average molecular weight is 645 g/mol. The summed E-state index contributed by atoms with van der Waals surface area (Å²) < 4.78 is 4.48. The first-order valence-corrected chi connectivity index (χ1v) is 19.6. The van der Waals surface area contributed by atoms with Gasteiger partial charge in [-0.15, -0.1) is 0 Å². The van der Waals surface area contributed by atoms with Gasteiger partial charge in [0, 0.05) is 61.4 Å². The topological polar surface area (TPSA) is 59.2 Å². The third-order valence-corrected chi connectivity index (χ3v) is 14.3. The van der Waals surface area contributed by atoms with E-state index >= 15 is 0 Å². The number of carbonyl (C=O) groups is 1. The van der Waals surface area contributed by atoms with Gasteiger partial charge in [0.1, 0.15) is 0 Å². The minimum atomic E-state index is -0.0542. The Kier molecular flexibility index (Phi) is 8.96. The van der Waals surface area contributed by atoms with Crippen LogP contribution in [-0.2, 0) is 15.6 Å². The summed E-state index contributed by atoms with van der Waals surface area (Å²) in [5.74, 6) is 1.83. The molecule has 2 aromatic rings. The monoisotopic (exact) mass is 645 g/mol. The Labute approximate surface area is 285 Å². The number of nitrogens with zero attached hydrogens (tertiary/aromatic N) is 6. The van der Waals surface area contributed by atoms with Crippen LogP contribution in [0.1, 0.15) is 155 Å². The number of hydrogen-bond donors (Lipinski definition) is 0.